The van der Waals surface area contributed by atoms with Gasteiger partial charge in [0.05, 0.1) is 6.61 Å². The Morgan fingerprint density at radius 1 is 1.22 bits per heavy atom. The summed E-state index contributed by atoms with van der Waals surface area (Å²) in [6.45, 7) is 6.44. The second-order valence-corrected chi connectivity index (χ2v) is 2.91. The number of rotatable bonds is 4. The molecule has 55 valence electrons. The summed E-state index contributed by atoms with van der Waals surface area (Å²) in [4.78, 5) is 0. The number of hydrogen-bond donors (Lipinski definition) is 0. The molecular weight excluding hydrogens is 112 g/mol. The monoisotopic (exact) mass is 129 g/mol. The molecule has 0 saturated heterocycles. The van der Waals surface area contributed by atoms with Crippen molar-refractivity contribution in [3.05, 3.63) is 0 Å². The van der Waals surface area contributed by atoms with Gasteiger partial charge in [-0.15, -0.1) is 0 Å². The van der Waals surface area contributed by atoms with Gasteiger partial charge in [0.15, 0.2) is 0 Å². The van der Waals surface area contributed by atoms with E-state index in [1.165, 1.54) is 12.8 Å². The first-order valence-corrected chi connectivity index (χ1v) is 3.80. The van der Waals surface area contributed by atoms with Gasteiger partial charge >= 0.3 is 0 Å². The van der Waals surface area contributed by atoms with Crippen LogP contribution in [0.15, 0.2) is 0 Å². The average molecular weight is 129 g/mol. The Kier molecular flexibility index (Phi) is 4.78. The lowest BCUT2D eigenvalue weighted by Crippen LogP contribution is -2.10. The van der Waals surface area contributed by atoms with Gasteiger partial charge in [-0.3, -0.25) is 0 Å². The fourth-order valence-corrected chi connectivity index (χ4v) is 0.904. The zero-order valence-electron chi connectivity index (χ0n) is 6.68. The van der Waals surface area contributed by atoms with E-state index in [-0.39, 0.29) is 6.61 Å². The molecule has 0 aliphatic carbocycles. The van der Waals surface area contributed by atoms with E-state index in [0.717, 1.165) is 0 Å². The minimum atomic E-state index is 0.0845. The summed E-state index contributed by atoms with van der Waals surface area (Å²) < 4.78 is 0. The third-order valence-corrected chi connectivity index (χ3v) is 1.98. The second-order valence-electron chi connectivity index (χ2n) is 2.91. The minimum absolute atomic E-state index is 0.0845. The molecule has 0 aromatic heterocycles. The lowest BCUT2D eigenvalue weighted by atomic mass is 9.93. The molecule has 0 saturated carbocycles. The summed E-state index contributed by atoms with van der Waals surface area (Å²) in [6, 6.07) is 0. The highest BCUT2D eigenvalue weighted by atomic mass is 16.3. The summed E-state index contributed by atoms with van der Waals surface area (Å²) in [7, 11) is 0. The van der Waals surface area contributed by atoms with E-state index < -0.39 is 0 Å². The summed E-state index contributed by atoms with van der Waals surface area (Å²) in [5, 5.41) is 10.3. The first-order valence-electron chi connectivity index (χ1n) is 3.80. The molecule has 1 nitrogen and oxygen atoms in total. The first kappa shape index (κ1) is 8.96. The molecule has 0 amide bonds. The van der Waals surface area contributed by atoms with Crippen LogP contribution in [-0.4, -0.2) is 6.61 Å². The maximum absolute atomic E-state index is 10.3. The SMILES string of the molecule is CCCC(C)C(C)C[O]. The molecule has 0 N–H and O–H groups in total. The normalized spacial score (nSPS) is 17.3. The Morgan fingerprint density at radius 2 is 1.78 bits per heavy atom. The van der Waals surface area contributed by atoms with E-state index in [0.29, 0.717) is 11.8 Å². The lowest BCUT2D eigenvalue weighted by Gasteiger charge is -2.14. The molecule has 0 spiro atoms. The minimum Gasteiger partial charge on any atom is -0.236 e. The van der Waals surface area contributed by atoms with Crippen LogP contribution in [0.1, 0.15) is 33.6 Å². The van der Waals surface area contributed by atoms with Gasteiger partial charge in [-0.25, -0.2) is 5.11 Å². The summed E-state index contributed by atoms with van der Waals surface area (Å²) in [5.41, 5.74) is 0. The standard InChI is InChI=1S/C8H17O/c1-4-5-7(2)8(3)6-9/h7-8H,4-6H2,1-3H3. The highest BCUT2D eigenvalue weighted by Gasteiger charge is 2.09. The fourth-order valence-electron chi connectivity index (χ4n) is 0.904. The van der Waals surface area contributed by atoms with Crippen molar-refractivity contribution in [1.29, 1.82) is 0 Å². The lowest BCUT2D eigenvalue weighted by molar-refractivity contribution is 0.121. The largest absolute Gasteiger partial charge is 0.236 e. The highest BCUT2D eigenvalue weighted by molar-refractivity contribution is 4.58. The van der Waals surface area contributed by atoms with Gasteiger partial charge in [0.2, 0.25) is 0 Å². The molecule has 0 bridgehead atoms. The van der Waals surface area contributed by atoms with E-state index in [9.17, 15) is 5.11 Å². The van der Waals surface area contributed by atoms with Crippen LogP contribution in [0.5, 0.6) is 0 Å². The van der Waals surface area contributed by atoms with Crippen LogP contribution in [0.2, 0.25) is 0 Å². The smallest absolute Gasteiger partial charge is 0.0850 e. The van der Waals surface area contributed by atoms with Crippen LogP contribution in [0.25, 0.3) is 0 Å². The van der Waals surface area contributed by atoms with Crippen LogP contribution in [0.3, 0.4) is 0 Å². The van der Waals surface area contributed by atoms with E-state index in [2.05, 4.69) is 13.8 Å². The van der Waals surface area contributed by atoms with Gasteiger partial charge in [0, 0.05) is 0 Å². The van der Waals surface area contributed by atoms with E-state index >= 15 is 0 Å². The summed E-state index contributed by atoms with van der Waals surface area (Å²) in [6.07, 6.45) is 2.40. The Balaban J connectivity index is 3.32. The third-order valence-electron chi connectivity index (χ3n) is 1.98. The van der Waals surface area contributed by atoms with Crippen molar-refractivity contribution in [2.45, 2.75) is 33.6 Å². The van der Waals surface area contributed by atoms with Crippen LogP contribution < -0.4 is 0 Å². The van der Waals surface area contributed by atoms with Crippen molar-refractivity contribution >= 4 is 0 Å². The predicted octanol–water partition coefficient (Wildman–Crippen LogP) is 2.49. The topological polar surface area (TPSA) is 19.9 Å². The Hall–Kier alpha value is -0.0400. The van der Waals surface area contributed by atoms with Crippen molar-refractivity contribution in [1.82, 2.24) is 0 Å². The molecule has 0 fully saturated rings. The zero-order chi connectivity index (χ0) is 7.28. The molecule has 1 radical (unpaired) electrons. The zero-order valence-corrected chi connectivity index (χ0v) is 6.68. The van der Waals surface area contributed by atoms with Crippen molar-refractivity contribution < 1.29 is 5.11 Å². The third kappa shape index (κ3) is 3.52. The van der Waals surface area contributed by atoms with Gasteiger partial charge < -0.3 is 0 Å². The molecule has 2 atom stereocenters. The molecule has 0 heterocycles. The number of hydrogen-bond acceptors (Lipinski definition) is 0. The van der Waals surface area contributed by atoms with Gasteiger partial charge in [-0.1, -0.05) is 33.6 Å². The maximum atomic E-state index is 10.3. The van der Waals surface area contributed by atoms with Gasteiger partial charge in [0.1, 0.15) is 0 Å². The fraction of sp³-hybridized carbons (Fsp3) is 1.00. The average Bonchev–Trinajstić information content (AvgIpc) is 1.87. The molecule has 0 aromatic carbocycles. The van der Waals surface area contributed by atoms with Crippen LogP contribution in [0.4, 0.5) is 0 Å². The molecule has 0 rings (SSSR count). The molecule has 9 heavy (non-hydrogen) atoms. The predicted molar refractivity (Wildman–Crippen MR) is 38.8 cm³/mol. The maximum Gasteiger partial charge on any atom is 0.0850 e. The van der Waals surface area contributed by atoms with Gasteiger partial charge in [0.25, 0.3) is 0 Å². The van der Waals surface area contributed by atoms with Crippen LogP contribution in [0, 0.1) is 11.8 Å². The van der Waals surface area contributed by atoms with Crippen molar-refractivity contribution in [3.8, 4) is 0 Å². The van der Waals surface area contributed by atoms with Crippen molar-refractivity contribution in [2.24, 2.45) is 11.8 Å². The summed E-state index contributed by atoms with van der Waals surface area (Å²) in [5.74, 6) is 0.984. The Labute approximate surface area is 58.1 Å². The summed E-state index contributed by atoms with van der Waals surface area (Å²) >= 11 is 0. The van der Waals surface area contributed by atoms with E-state index in [4.69, 9.17) is 0 Å². The van der Waals surface area contributed by atoms with Crippen LogP contribution >= 0.6 is 0 Å². The Morgan fingerprint density at radius 3 is 2.11 bits per heavy atom. The van der Waals surface area contributed by atoms with Crippen molar-refractivity contribution in [3.63, 3.8) is 0 Å². The molecule has 2 unspecified atom stereocenters. The molecule has 0 aliphatic rings. The van der Waals surface area contributed by atoms with E-state index in [1.807, 2.05) is 6.92 Å². The second kappa shape index (κ2) is 4.80. The molecule has 1 heteroatoms. The molecular formula is C8H17O. The van der Waals surface area contributed by atoms with Crippen LogP contribution in [-0.2, 0) is 5.11 Å². The van der Waals surface area contributed by atoms with E-state index in [1.54, 1.807) is 0 Å². The Bertz CT molecular complexity index is 61.6. The molecule has 0 aromatic rings. The molecule has 0 aliphatic heterocycles. The highest BCUT2D eigenvalue weighted by Crippen LogP contribution is 2.15. The first-order chi connectivity index (χ1) is 4.22. The quantitative estimate of drug-likeness (QED) is 0.555. The van der Waals surface area contributed by atoms with Gasteiger partial charge in [-0.05, 0) is 11.8 Å². The van der Waals surface area contributed by atoms with Crippen molar-refractivity contribution in [2.75, 3.05) is 6.61 Å². The van der Waals surface area contributed by atoms with Gasteiger partial charge in [-0.2, -0.15) is 0 Å².